The van der Waals surface area contributed by atoms with Gasteiger partial charge in [0.1, 0.15) is 0 Å². The fourth-order valence-electron chi connectivity index (χ4n) is 2.78. The van der Waals surface area contributed by atoms with E-state index in [2.05, 4.69) is 40.6 Å². The van der Waals surface area contributed by atoms with Crippen LogP contribution in [0.3, 0.4) is 0 Å². The Hall–Kier alpha value is -1.94. The molecule has 1 atom stereocenters. The first kappa shape index (κ1) is 18.4. The van der Waals surface area contributed by atoms with Crippen LogP contribution >= 0.6 is 15.9 Å². The van der Waals surface area contributed by atoms with Gasteiger partial charge in [0.25, 0.3) is 0 Å². The summed E-state index contributed by atoms with van der Waals surface area (Å²) in [6.07, 6.45) is 7.47. The van der Waals surface area contributed by atoms with E-state index in [0.717, 1.165) is 10.9 Å². The zero-order valence-electron chi connectivity index (χ0n) is 14.1. The van der Waals surface area contributed by atoms with Crippen LogP contribution < -0.4 is 0 Å². The Kier molecular flexibility index (Phi) is 6.32. The van der Waals surface area contributed by atoms with E-state index in [4.69, 9.17) is 0 Å². The number of allylic oxidation sites excluding steroid dienone is 6. The molecule has 0 heterocycles. The maximum Gasteiger partial charge on any atom is 0.337 e. The van der Waals surface area contributed by atoms with Gasteiger partial charge in [-0.25, -0.2) is 4.79 Å². The van der Waals surface area contributed by atoms with Gasteiger partial charge in [-0.1, -0.05) is 52.7 Å². The summed E-state index contributed by atoms with van der Waals surface area (Å²) in [5.74, 6) is -0.168. The Labute approximate surface area is 151 Å². The maximum absolute atomic E-state index is 12.5. The number of rotatable bonds is 5. The molecular formula is C20H21BrO3. The highest BCUT2D eigenvalue weighted by atomic mass is 79.9. The number of carbonyl (C=O) groups excluding carboxylic acids is 2. The van der Waals surface area contributed by atoms with Crippen molar-refractivity contribution in [3.8, 4) is 0 Å². The summed E-state index contributed by atoms with van der Waals surface area (Å²) in [7, 11) is 1.34. The topological polar surface area (TPSA) is 43.4 Å². The Balaban J connectivity index is 2.11. The average Bonchev–Trinajstić information content (AvgIpc) is 2.76. The number of hydrogen-bond donors (Lipinski definition) is 0. The van der Waals surface area contributed by atoms with Gasteiger partial charge in [0.2, 0.25) is 0 Å². The van der Waals surface area contributed by atoms with E-state index in [1.165, 1.54) is 18.3 Å². The molecule has 0 saturated heterocycles. The lowest BCUT2D eigenvalue weighted by atomic mass is 9.88. The van der Waals surface area contributed by atoms with Crippen LogP contribution in [0.5, 0.6) is 0 Å². The predicted molar refractivity (Wildman–Crippen MR) is 99.4 cm³/mol. The molecule has 2 rings (SSSR count). The van der Waals surface area contributed by atoms with Gasteiger partial charge >= 0.3 is 5.97 Å². The maximum atomic E-state index is 12.5. The van der Waals surface area contributed by atoms with Crippen molar-refractivity contribution in [2.24, 2.45) is 5.92 Å². The summed E-state index contributed by atoms with van der Waals surface area (Å²) < 4.78 is 5.73. The molecule has 0 aliphatic heterocycles. The molecule has 0 N–H and O–H groups in total. The van der Waals surface area contributed by atoms with E-state index in [0.29, 0.717) is 17.5 Å². The Morgan fingerprint density at radius 3 is 2.46 bits per heavy atom. The molecule has 0 aromatic heterocycles. The minimum absolute atomic E-state index is 0.0764. The number of carbonyl (C=O) groups is 2. The van der Waals surface area contributed by atoms with Crippen LogP contribution in [0.1, 0.15) is 47.4 Å². The number of halogens is 1. The summed E-state index contributed by atoms with van der Waals surface area (Å²) in [6, 6.07) is 6.63. The van der Waals surface area contributed by atoms with Gasteiger partial charge in [0.05, 0.1) is 12.7 Å². The van der Waals surface area contributed by atoms with Crippen LogP contribution in [0.2, 0.25) is 0 Å². The normalized spacial score (nSPS) is 15.6. The second-order valence-corrected chi connectivity index (χ2v) is 6.75. The number of esters is 1. The second-order valence-electron chi connectivity index (χ2n) is 5.89. The van der Waals surface area contributed by atoms with Crippen molar-refractivity contribution in [2.75, 3.05) is 7.11 Å². The van der Waals surface area contributed by atoms with Crippen LogP contribution in [0.15, 0.2) is 58.1 Å². The molecule has 1 aromatic rings. The minimum atomic E-state index is -0.398. The highest BCUT2D eigenvalue weighted by Gasteiger charge is 2.18. The summed E-state index contributed by atoms with van der Waals surface area (Å²) >= 11 is 3.58. The smallest absolute Gasteiger partial charge is 0.337 e. The van der Waals surface area contributed by atoms with E-state index >= 15 is 0 Å². The van der Waals surface area contributed by atoms with Crippen molar-refractivity contribution < 1.29 is 14.3 Å². The van der Waals surface area contributed by atoms with E-state index in [-0.39, 0.29) is 11.7 Å². The largest absolute Gasteiger partial charge is 0.465 e. The summed E-state index contributed by atoms with van der Waals surface area (Å²) in [5, 5.41) is 0. The summed E-state index contributed by atoms with van der Waals surface area (Å²) in [6.45, 7) is 4.16. The summed E-state index contributed by atoms with van der Waals surface area (Å²) in [5.41, 5.74) is 3.53. The Morgan fingerprint density at radius 1 is 1.21 bits per heavy atom. The zero-order valence-corrected chi connectivity index (χ0v) is 15.7. The van der Waals surface area contributed by atoms with Gasteiger partial charge in [-0.15, -0.1) is 0 Å². The molecule has 1 aliphatic rings. The van der Waals surface area contributed by atoms with Crippen molar-refractivity contribution in [2.45, 2.75) is 26.7 Å². The number of ketones is 1. The molecule has 1 aromatic carbocycles. The van der Waals surface area contributed by atoms with Crippen molar-refractivity contribution in [1.29, 1.82) is 0 Å². The van der Waals surface area contributed by atoms with Gasteiger partial charge < -0.3 is 4.74 Å². The molecule has 24 heavy (non-hydrogen) atoms. The van der Waals surface area contributed by atoms with Crippen LogP contribution in [-0.2, 0) is 4.74 Å². The van der Waals surface area contributed by atoms with E-state index in [1.807, 2.05) is 12.2 Å². The quantitative estimate of drug-likeness (QED) is 0.511. The molecule has 0 bridgehead atoms. The van der Waals surface area contributed by atoms with E-state index in [1.54, 1.807) is 24.3 Å². The fourth-order valence-corrected chi connectivity index (χ4v) is 3.19. The molecule has 0 radical (unpaired) electrons. The third kappa shape index (κ3) is 4.32. The van der Waals surface area contributed by atoms with Crippen molar-refractivity contribution in [3.05, 3.63) is 69.2 Å². The van der Waals surface area contributed by atoms with E-state index < -0.39 is 5.97 Å². The van der Waals surface area contributed by atoms with Crippen molar-refractivity contribution in [3.63, 3.8) is 0 Å². The Bertz CT molecular complexity index is 724. The predicted octanol–water partition coefficient (Wildman–Crippen LogP) is 5.24. The lowest BCUT2D eigenvalue weighted by molar-refractivity contribution is 0.0600. The molecule has 126 valence electrons. The van der Waals surface area contributed by atoms with Crippen molar-refractivity contribution in [1.82, 2.24) is 0 Å². The van der Waals surface area contributed by atoms with Gasteiger partial charge in [-0.05, 0) is 43.0 Å². The third-order valence-electron chi connectivity index (χ3n) is 4.27. The van der Waals surface area contributed by atoms with Gasteiger partial charge in [0, 0.05) is 16.5 Å². The highest BCUT2D eigenvalue weighted by molar-refractivity contribution is 9.12. The van der Waals surface area contributed by atoms with Crippen LogP contribution in [0.4, 0.5) is 0 Å². The molecular weight excluding hydrogens is 368 g/mol. The second kappa shape index (κ2) is 8.25. The first-order valence-electron chi connectivity index (χ1n) is 7.88. The van der Waals surface area contributed by atoms with Crippen LogP contribution in [0, 0.1) is 5.92 Å². The van der Waals surface area contributed by atoms with Gasteiger partial charge in [-0.3, -0.25) is 4.79 Å². The van der Waals surface area contributed by atoms with Crippen LogP contribution in [0.25, 0.3) is 0 Å². The molecule has 0 spiro atoms. The van der Waals surface area contributed by atoms with Crippen LogP contribution in [-0.4, -0.2) is 18.9 Å². The Morgan fingerprint density at radius 2 is 1.83 bits per heavy atom. The number of Topliss-reactive ketones (excluding diaryl/α,β-unsaturated/α-hetero) is 1. The number of hydrogen-bond acceptors (Lipinski definition) is 3. The molecule has 0 amide bonds. The van der Waals surface area contributed by atoms with E-state index in [9.17, 15) is 9.59 Å². The SMILES string of the molecule is COC(=O)c1ccc(C(=O)CC(C)C2=C(C)C(Br)=CC=CC2)cc1. The monoisotopic (exact) mass is 388 g/mol. The third-order valence-corrected chi connectivity index (χ3v) is 5.13. The first-order chi connectivity index (χ1) is 11.4. The average molecular weight is 389 g/mol. The molecule has 0 saturated carbocycles. The summed E-state index contributed by atoms with van der Waals surface area (Å²) in [4.78, 5) is 24.0. The number of methoxy groups -OCH3 is 1. The molecule has 0 fully saturated rings. The molecule has 4 heteroatoms. The van der Waals surface area contributed by atoms with Gasteiger partial charge in [-0.2, -0.15) is 0 Å². The molecule has 3 nitrogen and oxygen atoms in total. The lowest BCUT2D eigenvalue weighted by Crippen LogP contribution is -2.10. The fraction of sp³-hybridized carbons (Fsp3) is 0.300. The molecule has 1 unspecified atom stereocenters. The number of benzene rings is 1. The number of ether oxygens (including phenoxy) is 1. The standard InChI is InChI=1S/C20H21BrO3/c1-13(17-6-4-5-7-18(21)14(17)2)12-19(22)15-8-10-16(11-9-15)20(23)24-3/h4-5,7-11,13H,6,12H2,1-3H3. The minimum Gasteiger partial charge on any atom is -0.465 e. The van der Waals surface area contributed by atoms with Crippen molar-refractivity contribution >= 4 is 27.7 Å². The highest BCUT2D eigenvalue weighted by Crippen LogP contribution is 2.31. The lowest BCUT2D eigenvalue weighted by Gasteiger charge is -2.17. The zero-order chi connectivity index (χ0) is 17.7. The van der Waals surface area contributed by atoms with Gasteiger partial charge in [0.15, 0.2) is 5.78 Å². The molecule has 1 aliphatic carbocycles. The first-order valence-corrected chi connectivity index (χ1v) is 8.67.